The van der Waals surface area contributed by atoms with Crippen molar-refractivity contribution < 1.29 is 4.39 Å². The van der Waals surface area contributed by atoms with Gasteiger partial charge in [-0.05, 0) is 38.6 Å². The maximum atomic E-state index is 12.9. The predicted molar refractivity (Wildman–Crippen MR) is 65.2 cm³/mol. The first-order valence-corrected chi connectivity index (χ1v) is 6.82. The molecule has 2 N–H and O–H groups in total. The Kier molecular flexibility index (Phi) is 4.20. The maximum absolute atomic E-state index is 12.9. The quantitative estimate of drug-likeness (QED) is 0.786. The lowest BCUT2D eigenvalue weighted by Crippen LogP contribution is -2.44. The molecule has 2 aliphatic rings. The minimum atomic E-state index is -0.524. The van der Waals surface area contributed by atoms with Gasteiger partial charge >= 0.3 is 0 Å². The SMILES string of the molecule is NC1(CF)CCCN(C2CCCCC2)CC1. The van der Waals surface area contributed by atoms with Crippen molar-refractivity contribution in [1.82, 2.24) is 4.90 Å². The Hall–Kier alpha value is -0.150. The minimum Gasteiger partial charge on any atom is -0.323 e. The van der Waals surface area contributed by atoms with E-state index in [0.29, 0.717) is 0 Å². The lowest BCUT2D eigenvalue weighted by molar-refractivity contribution is 0.156. The molecule has 16 heavy (non-hydrogen) atoms. The van der Waals surface area contributed by atoms with Gasteiger partial charge in [0.2, 0.25) is 0 Å². The smallest absolute Gasteiger partial charge is 0.107 e. The second kappa shape index (κ2) is 5.46. The second-order valence-electron chi connectivity index (χ2n) is 5.68. The Morgan fingerprint density at radius 2 is 1.81 bits per heavy atom. The summed E-state index contributed by atoms with van der Waals surface area (Å²) in [7, 11) is 0. The molecule has 1 aliphatic heterocycles. The number of alkyl halides is 1. The fraction of sp³-hybridized carbons (Fsp3) is 1.00. The van der Waals surface area contributed by atoms with Crippen LogP contribution in [0.25, 0.3) is 0 Å². The summed E-state index contributed by atoms with van der Waals surface area (Å²) in [5.74, 6) is 0. The fourth-order valence-corrected chi connectivity index (χ4v) is 3.18. The van der Waals surface area contributed by atoms with Crippen molar-refractivity contribution in [3.05, 3.63) is 0 Å². The molecule has 1 aliphatic carbocycles. The number of hydrogen-bond donors (Lipinski definition) is 1. The van der Waals surface area contributed by atoms with Crippen molar-refractivity contribution in [2.24, 2.45) is 5.73 Å². The Labute approximate surface area is 98.4 Å². The number of nitrogens with two attached hydrogens (primary N) is 1. The molecule has 2 rings (SSSR count). The van der Waals surface area contributed by atoms with Gasteiger partial charge in [-0.2, -0.15) is 0 Å². The molecule has 94 valence electrons. The monoisotopic (exact) mass is 228 g/mol. The van der Waals surface area contributed by atoms with Crippen LogP contribution in [0.1, 0.15) is 51.4 Å². The molecule has 1 heterocycles. The first kappa shape index (κ1) is 12.3. The van der Waals surface area contributed by atoms with Crippen LogP contribution in [-0.4, -0.2) is 36.2 Å². The highest BCUT2D eigenvalue weighted by molar-refractivity contribution is 4.89. The summed E-state index contributed by atoms with van der Waals surface area (Å²) in [6, 6.07) is 0.760. The highest BCUT2D eigenvalue weighted by Crippen LogP contribution is 2.27. The fourth-order valence-electron chi connectivity index (χ4n) is 3.18. The third kappa shape index (κ3) is 2.95. The third-order valence-corrected chi connectivity index (χ3v) is 4.37. The Morgan fingerprint density at radius 1 is 1.06 bits per heavy atom. The lowest BCUT2D eigenvalue weighted by Gasteiger charge is -2.33. The van der Waals surface area contributed by atoms with E-state index < -0.39 is 5.54 Å². The van der Waals surface area contributed by atoms with Crippen LogP contribution < -0.4 is 5.73 Å². The number of nitrogens with zero attached hydrogens (tertiary/aromatic N) is 1. The van der Waals surface area contributed by atoms with E-state index >= 15 is 0 Å². The average molecular weight is 228 g/mol. The van der Waals surface area contributed by atoms with E-state index in [1.54, 1.807) is 0 Å². The second-order valence-corrected chi connectivity index (χ2v) is 5.68. The highest BCUT2D eigenvalue weighted by Gasteiger charge is 2.31. The maximum Gasteiger partial charge on any atom is 0.107 e. The van der Waals surface area contributed by atoms with E-state index in [1.165, 1.54) is 32.1 Å². The summed E-state index contributed by atoms with van der Waals surface area (Å²) >= 11 is 0. The van der Waals surface area contributed by atoms with E-state index in [-0.39, 0.29) is 6.67 Å². The zero-order valence-electron chi connectivity index (χ0n) is 10.3. The van der Waals surface area contributed by atoms with Crippen LogP contribution in [0.5, 0.6) is 0 Å². The summed E-state index contributed by atoms with van der Waals surface area (Å²) in [4.78, 5) is 2.57. The molecule has 0 spiro atoms. The first-order chi connectivity index (χ1) is 7.73. The third-order valence-electron chi connectivity index (χ3n) is 4.37. The Bertz CT molecular complexity index is 216. The number of likely N-dealkylation sites (tertiary alicyclic amines) is 1. The largest absolute Gasteiger partial charge is 0.323 e. The summed E-state index contributed by atoms with van der Waals surface area (Å²) in [5, 5.41) is 0. The molecule has 1 saturated carbocycles. The molecule has 0 radical (unpaired) electrons. The molecule has 0 amide bonds. The molecule has 1 unspecified atom stereocenters. The molecular formula is C13H25FN2. The van der Waals surface area contributed by atoms with Crippen molar-refractivity contribution in [1.29, 1.82) is 0 Å². The van der Waals surface area contributed by atoms with E-state index in [2.05, 4.69) is 4.90 Å². The summed E-state index contributed by atoms with van der Waals surface area (Å²) < 4.78 is 12.9. The van der Waals surface area contributed by atoms with Gasteiger partial charge in [-0.3, -0.25) is 0 Å². The Balaban J connectivity index is 1.87. The molecule has 3 heteroatoms. The van der Waals surface area contributed by atoms with Crippen molar-refractivity contribution in [2.75, 3.05) is 19.8 Å². The van der Waals surface area contributed by atoms with Crippen molar-refractivity contribution in [3.63, 3.8) is 0 Å². The van der Waals surface area contributed by atoms with Crippen molar-refractivity contribution in [2.45, 2.75) is 62.9 Å². The predicted octanol–water partition coefficient (Wildman–Crippen LogP) is 2.47. The van der Waals surface area contributed by atoms with Gasteiger partial charge in [0.1, 0.15) is 6.67 Å². The van der Waals surface area contributed by atoms with Crippen LogP contribution >= 0.6 is 0 Å². The molecule has 2 nitrogen and oxygen atoms in total. The van der Waals surface area contributed by atoms with E-state index in [4.69, 9.17) is 5.73 Å². The Morgan fingerprint density at radius 3 is 2.50 bits per heavy atom. The van der Waals surface area contributed by atoms with Gasteiger partial charge in [0.05, 0.1) is 0 Å². The molecule has 2 fully saturated rings. The van der Waals surface area contributed by atoms with Crippen LogP contribution in [0.15, 0.2) is 0 Å². The molecule has 1 saturated heterocycles. The number of halogens is 1. The summed E-state index contributed by atoms with van der Waals surface area (Å²) in [5.41, 5.74) is 5.52. The zero-order valence-corrected chi connectivity index (χ0v) is 10.3. The molecule has 0 aromatic rings. The van der Waals surface area contributed by atoms with E-state index in [0.717, 1.165) is 38.4 Å². The molecule has 1 atom stereocenters. The van der Waals surface area contributed by atoms with Gasteiger partial charge in [0, 0.05) is 18.1 Å². The van der Waals surface area contributed by atoms with Gasteiger partial charge in [-0.1, -0.05) is 19.3 Å². The van der Waals surface area contributed by atoms with Crippen LogP contribution in [0.4, 0.5) is 4.39 Å². The highest BCUT2D eigenvalue weighted by atomic mass is 19.1. The normalized spacial score (nSPS) is 34.9. The van der Waals surface area contributed by atoms with Gasteiger partial charge in [-0.25, -0.2) is 4.39 Å². The van der Waals surface area contributed by atoms with Crippen molar-refractivity contribution >= 4 is 0 Å². The minimum absolute atomic E-state index is 0.356. The number of hydrogen-bond acceptors (Lipinski definition) is 2. The van der Waals surface area contributed by atoms with Crippen LogP contribution in [-0.2, 0) is 0 Å². The van der Waals surface area contributed by atoms with Crippen LogP contribution in [0.2, 0.25) is 0 Å². The molecule has 0 aromatic heterocycles. The van der Waals surface area contributed by atoms with E-state index in [9.17, 15) is 4.39 Å². The first-order valence-electron chi connectivity index (χ1n) is 6.82. The average Bonchev–Trinajstić information content (AvgIpc) is 2.53. The molecule has 0 bridgehead atoms. The topological polar surface area (TPSA) is 29.3 Å². The lowest BCUT2D eigenvalue weighted by atomic mass is 9.93. The number of rotatable bonds is 2. The molecule has 0 aromatic carbocycles. The van der Waals surface area contributed by atoms with Gasteiger partial charge in [0.25, 0.3) is 0 Å². The van der Waals surface area contributed by atoms with Gasteiger partial charge < -0.3 is 10.6 Å². The van der Waals surface area contributed by atoms with Crippen LogP contribution in [0.3, 0.4) is 0 Å². The summed E-state index contributed by atoms with van der Waals surface area (Å²) in [6.45, 7) is 1.78. The van der Waals surface area contributed by atoms with Crippen molar-refractivity contribution in [3.8, 4) is 0 Å². The summed E-state index contributed by atoms with van der Waals surface area (Å²) in [6.07, 6.45) is 9.58. The van der Waals surface area contributed by atoms with E-state index in [1.807, 2.05) is 0 Å². The molecular weight excluding hydrogens is 203 g/mol. The zero-order chi connectivity index (χ0) is 11.4. The van der Waals surface area contributed by atoms with Crippen LogP contribution in [0, 0.1) is 0 Å². The van der Waals surface area contributed by atoms with Gasteiger partial charge in [0.15, 0.2) is 0 Å². The van der Waals surface area contributed by atoms with Gasteiger partial charge in [-0.15, -0.1) is 0 Å². The standard InChI is InChI=1S/C13H25FN2/c14-11-13(15)7-4-9-16(10-8-13)12-5-2-1-3-6-12/h12H,1-11,15H2.